The zero-order chi connectivity index (χ0) is 21.4. The number of hydrogen-bond donors (Lipinski definition) is 0. The van der Waals surface area contributed by atoms with Gasteiger partial charge in [-0.05, 0) is 67.0 Å². The minimum atomic E-state index is -0.203. The summed E-state index contributed by atoms with van der Waals surface area (Å²) < 4.78 is 13.1. The van der Waals surface area contributed by atoms with Crippen molar-refractivity contribution in [2.45, 2.75) is 70.1 Å². The molecule has 0 N–H and O–H groups in total. The summed E-state index contributed by atoms with van der Waals surface area (Å²) in [5.74, 6) is 0.886. The lowest BCUT2D eigenvalue weighted by Crippen LogP contribution is -1.90. The number of unbranched alkanes of at least 4 members (excludes halogenated alkanes) is 7. The Morgan fingerprint density at radius 2 is 1.50 bits per heavy atom. The van der Waals surface area contributed by atoms with Gasteiger partial charge in [-0.15, -0.1) is 11.8 Å². The molecule has 30 heavy (non-hydrogen) atoms. The van der Waals surface area contributed by atoms with E-state index in [1.54, 1.807) is 23.9 Å². The summed E-state index contributed by atoms with van der Waals surface area (Å²) in [6.07, 6.45) is 12.7. The Morgan fingerprint density at radius 3 is 2.17 bits per heavy atom. The Balaban J connectivity index is 1.84. The quantitative estimate of drug-likeness (QED) is 0.132. The van der Waals surface area contributed by atoms with Gasteiger partial charge >= 0.3 is 0 Å². The van der Waals surface area contributed by atoms with Gasteiger partial charge in [0.15, 0.2) is 0 Å². The lowest BCUT2D eigenvalue weighted by atomic mass is 10.1. The average Bonchev–Trinajstić information content (AvgIpc) is 2.75. The van der Waals surface area contributed by atoms with Gasteiger partial charge in [0.1, 0.15) is 5.82 Å². The van der Waals surface area contributed by atoms with Gasteiger partial charge in [-0.3, -0.25) is 0 Å². The molecule has 0 spiro atoms. The van der Waals surface area contributed by atoms with Crippen molar-refractivity contribution in [1.29, 1.82) is 0 Å². The lowest BCUT2D eigenvalue weighted by Gasteiger charge is -2.04. The minimum Gasteiger partial charge on any atom is -0.242 e. The molecule has 0 aliphatic rings. The molecule has 0 aliphatic carbocycles. The highest BCUT2D eigenvalue weighted by Crippen LogP contribution is 2.23. The van der Waals surface area contributed by atoms with Gasteiger partial charge in [-0.1, -0.05) is 81.3 Å². The molecule has 0 atom stereocenters. The molecule has 4 heteroatoms. The van der Waals surface area contributed by atoms with Crippen molar-refractivity contribution in [3.05, 3.63) is 71.4 Å². The lowest BCUT2D eigenvalue weighted by molar-refractivity contribution is 0.586. The van der Waals surface area contributed by atoms with Crippen molar-refractivity contribution in [3.8, 4) is 0 Å². The smallest absolute Gasteiger partial charge is 0.123 e. The van der Waals surface area contributed by atoms with E-state index in [0.29, 0.717) is 0 Å². The summed E-state index contributed by atoms with van der Waals surface area (Å²) in [7, 11) is 0. The van der Waals surface area contributed by atoms with Crippen LogP contribution in [0.15, 0.2) is 69.9 Å². The molecule has 0 heterocycles. The maximum Gasteiger partial charge on any atom is 0.123 e. The van der Waals surface area contributed by atoms with Crippen molar-refractivity contribution in [3.63, 3.8) is 0 Å². The minimum absolute atomic E-state index is 0.203. The van der Waals surface area contributed by atoms with Gasteiger partial charge in [0, 0.05) is 4.90 Å². The molecule has 0 saturated heterocycles. The second-order valence-corrected chi connectivity index (χ2v) is 9.58. The van der Waals surface area contributed by atoms with Gasteiger partial charge in [0.25, 0.3) is 0 Å². The molecular formula is C26H34FNS2. The molecule has 2 aromatic carbocycles. The van der Waals surface area contributed by atoms with E-state index >= 15 is 0 Å². The Morgan fingerprint density at radius 1 is 0.867 bits per heavy atom. The van der Waals surface area contributed by atoms with Crippen molar-refractivity contribution in [2.24, 2.45) is 4.99 Å². The standard InChI is InChI=1S/C26H34FNS2/c1-3-4-5-6-7-8-9-10-20-30-26(28-24-15-11-22(2)12-16-24)19-21-29-25-17-13-23(27)14-18-25/h11-19,21H,3-10,20H2,1-2H3. The van der Waals surface area contributed by atoms with E-state index in [2.05, 4.69) is 44.2 Å². The third-order valence-electron chi connectivity index (χ3n) is 4.75. The second-order valence-electron chi connectivity index (χ2n) is 7.48. The Labute approximate surface area is 190 Å². The number of thioether (sulfide) groups is 2. The monoisotopic (exact) mass is 443 g/mol. The molecule has 0 bridgehead atoms. The van der Waals surface area contributed by atoms with Crippen molar-refractivity contribution in [1.82, 2.24) is 0 Å². The Kier molecular flexibility index (Phi) is 12.6. The maximum atomic E-state index is 13.1. The summed E-state index contributed by atoms with van der Waals surface area (Å²) in [6.45, 7) is 4.35. The molecule has 0 amide bonds. The van der Waals surface area contributed by atoms with Crippen LogP contribution in [0, 0.1) is 12.7 Å². The van der Waals surface area contributed by atoms with Crippen LogP contribution in [-0.2, 0) is 0 Å². The van der Waals surface area contributed by atoms with Crippen LogP contribution >= 0.6 is 23.5 Å². The van der Waals surface area contributed by atoms with Gasteiger partial charge in [-0.25, -0.2) is 9.38 Å². The first-order valence-electron chi connectivity index (χ1n) is 11.0. The van der Waals surface area contributed by atoms with Crippen LogP contribution in [0.25, 0.3) is 0 Å². The number of aryl methyl sites for hydroxylation is 1. The fourth-order valence-corrected chi connectivity index (χ4v) is 4.59. The van der Waals surface area contributed by atoms with Crippen LogP contribution in [-0.4, -0.2) is 10.8 Å². The van der Waals surface area contributed by atoms with Crippen LogP contribution < -0.4 is 0 Å². The van der Waals surface area contributed by atoms with E-state index in [0.717, 1.165) is 21.4 Å². The predicted molar refractivity (Wildman–Crippen MR) is 135 cm³/mol. The highest BCUT2D eigenvalue weighted by atomic mass is 32.2. The largest absolute Gasteiger partial charge is 0.242 e. The highest BCUT2D eigenvalue weighted by molar-refractivity contribution is 8.14. The van der Waals surface area contributed by atoms with Crippen LogP contribution in [0.5, 0.6) is 0 Å². The van der Waals surface area contributed by atoms with Crippen molar-refractivity contribution >= 4 is 34.3 Å². The molecule has 0 radical (unpaired) electrons. The number of hydrogen-bond acceptors (Lipinski definition) is 3. The van der Waals surface area contributed by atoms with E-state index in [9.17, 15) is 4.39 Å². The first kappa shape index (κ1) is 24.7. The van der Waals surface area contributed by atoms with Crippen molar-refractivity contribution < 1.29 is 4.39 Å². The first-order chi connectivity index (χ1) is 14.7. The summed E-state index contributed by atoms with van der Waals surface area (Å²) in [5.41, 5.74) is 2.22. The molecule has 0 aliphatic heterocycles. The van der Waals surface area contributed by atoms with E-state index in [-0.39, 0.29) is 5.82 Å². The Bertz CT molecular complexity index is 767. The third-order valence-corrected chi connectivity index (χ3v) is 6.58. The molecule has 0 unspecified atom stereocenters. The maximum absolute atomic E-state index is 13.1. The molecule has 0 saturated carbocycles. The SMILES string of the molecule is CCCCCCCCCCSC(C=CSc1ccc(F)cc1)=Nc1ccc(C)cc1. The topological polar surface area (TPSA) is 12.4 Å². The van der Waals surface area contributed by atoms with E-state index in [1.165, 1.54) is 69.1 Å². The van der Waals surface area contributed by atoms with Crippen LogP contribution in [0.4, 0.5) is 10.1 Å². The van der Waals surface area contributed by atoms with E-state index in [4.69, 9.17) is 4.99 Å². The van der Waals surface area contributed by atoms with Crippen LogP contribution in [0.3, 0.4) is 0 Å². The second kappa shape index (κ2) is 15.3. The van der Waals surface area contributed by atoms with Crippen molar-refractivity contribution in [2.75, 3.05) is 5.75 Å². The van der Waals surface area contributed by atoms with Crippen LogP contribution in [0.1, 0.15) is 63.9 Å². The number of benzene rings is 2. The molecule has 162 valence electrons. The van der Waals surface area contributed by atoms with E-state index < -0.39 is 0 Å². The molecule has 2 rings (SSSR count). The summed E-state index contributed by atoms with van der Waals surface area (Å²) in [4.78, 5) is 5.86. The Hall–Kier alpha value is -1.52. The van der Waals surface area contributed by atoms with Gasteiger partial charge in [-0.2, -0.15) is 0 Å². The zero-order valence-corrected chi connectivity index (χ0v) is 19.9. The summed E-state index contributed by atoms with van der Waals surface area (Å²) in [5, 5.41) is 3.07. The number of nitrogens with zero attached hydrogens (tertiary/aromatic N) is 1. The highest BCUT2D eigenvalue weighted by Gasteiger charge is 2.00. The van der Waals surface area contributed by atoms with Gasteiger partial charge < -0.3 is 0 Å². The summed E-state index contributed by atoms with van der Waals surface area (Å²) in [6, 6.07) is 14.9. The third kappa shape index (κ3) is 11.0. The average molecular weight is 444 g/mol. The number of aliphatic imine (C=N–C) groups is 1. The molecule has 0 aromatic heterocycles. The van der Waals surface area contributed by atoms with Gasteiger partial charge in [0.2, 0.25) is 0 Å². The molecule has 1 nitrogen and oxygen atoms in total. The molecule has 2 aromatic rings. The van der Waals surface area contributed by atoms with Crippen LogP contribution in [0.2, 0.25) is 0 Å². The zero-order valence-electron chi connectivity index (χ0n) is 18.3. The van der Waals surface area contributed by atoms with E-state index in [1.807, 2.05) is 17.2 Å². The number of rotatable bonds is 13. The number of halogens is 1. The molecule has 0 fully saturated rings. The predicted octanol–water partition coefficient (Wildman–Crippen LogP) is 9.34. The summed E-state index contributed by atoms with van der Waals surface area (Å²) >= 11 is 3.41. The first-order valence-corrected chi connectivity index (χ1v) is 12.9. The fourth-order valence-electron chi connectivity index (χ4n) is 2.96. The normalized spacial score (nSPS) is 12.0. The fraction of sp³-hybridized carbons (Fsp3) is 0.423. The van der Waals surface area contributed by atoms with Gasteiger partial charge in [0.05, 0.1) is 10.7 Å². The molecular weight excluding hydrogens is 409 g/mol.